The lowest BCUT2D eigenvalue weighted by atomic mass is 9.93. The van der Waals surface area contributed by atoms with Crippen LogP contribution >= 0.6 is 0 Å². The van der Waals surface area contributed by atoms with Gasteiger partial charge in [-0.25, -0.2) is 0 Å². The molecule has 142 valence electrons. The molecule has 0 unspecified atom stereocenters. The maximum Gasteiger partial charge on any atom is 0.126 e. The highest BCUT2D eigenvalue weighted by molar-refractivity contribution is 6.01. The van der Waals surface area contributed by atoms with Gasteiger partial charge in [-0.15, -0.1) is 0 Å². The van der Waals surface area contributed by atoms with E-state index in [1.54, 1.807) is 13.2 Å². The smallest absolute Gasteiger partial charge is 0.126 e. The van der Waals surface area contributed by atoms with Crippen LogP contribution < -0.4 is 10.1 Å². The van der Waals surface area contributed by atoms with Crippen molar-refractivity contribution < 1.29 is 9.84 Å². The molecule has 4 nitrogen and oxygen atoms in total. The molecule has 4 rings (SSSR count). The Morgan fingerprint density at radius 2 is 1.61 bits per heavy atom. The fraction of sp³-hybridized carbons (Fsp3) is 0.208. The number of aromatic hydroxyl groups is 1. The summed E-state index contributed by atoms with van der Waals surface area (Å²) in [4.78, 5) is 5.03. The van der Waals surface area contributed by atoms with E-state index >= 15 is 0 Å². The Morgan fingerprint density at radius 1 is 0.929 bits per heavy atom. The lowest BCUT2D eigenvalue weighted by Crippen LogP contribution is -2.33. The van der Waals surface area contributed by atoms with Crippen molar-refractivity contribution in [1.82, 2.24) is 5.32 Å². The largest absolute Gasteiger partial charge is 0.508 e. The predicted octanol–water partition coefficient (Wildman–Crippen LogP) is 4.93. The number of hydrogen-bond donors (Lipinski definition) is 2. The van der Waals surface area contributed by atoms with E-state index < -0.39 is 0 Å². The van der Waals surface area contributed by atoms with Crippen molar-refractivity contribution in [3.63, 3.8) is 0 Å². The summed E-state index contributed by atoms with van der Waals surface area (Å²) >= 11 is 0. The van der Waals surface area contributed by atoms with Gasteiger partial charge in [-0.3, -0.25) is 10.3 Å². The number of nitrogens with one attached hydrogen (secondary N) is 1. The highest BCUT2D eigenvalue weighted by atomic mass is 16.5. The molecule has 4 heteroatoms. The molecule has 2 N–H and O–H groups in total. The van der Waals surface area contributed by atoms with Gasteiger partial charge < -0.3 is 9.84 Å². The number of rotatable bonds is 4. The highest BCUT2D eigenvalue weighted by Crippen LogP contribution is 2.35. The number of benzene rings is 3. The van der Waals surface area contributed by atoms with Crippen LogP contribution in [-0.2, 0) is 0 Å². The van der Waals surface area contributed by atoms with E-state index in [0.29, 0.717) is 12.2 Å². The summed E-state index contributed by atoms with van der Waals surface area (Å²) in [6.07, 6.45) is 0.531. The third-order valence-electron chi connectivity index (χ3n) is 5.26. The minimum Gasteiger partial charge on any atom is -0.508 e. The molecule has 0 aromatic heterocycles. The molecule has 1 heterocycles. The normalized spacial score (nSPS) is 19.1. The van der Waals surface area contributed by atoms with Gasteiger partial charge in [-0.1, -0.05) is 42.5 Å². The van der Waals surface area contributed by atoms with E-state index in [-0.39, 0.29) is 12.2 Å². The van der Waals surface area contributed by atoms with Gasteiger partial charge in [-0.2, -0.15) is 0 Å². The molecule has 0 bridgehead atoms. The Hall–Kier alpha value is -3.11. The third kappa shape index (κ3) is 3.64. The number of methoxy groups -OCH3 is 1. The van der Waals surface area contributed by atoms with Crippen LogP contribution in [0, 0.1) is 6.92 Å². The quantitative estimate of drug-likeness (QED) is 0.683. The standard InChI is InChI=1S/C24H24N2O2/c1-16-7-3-4-8-19(16)24-25-21(17-11-13-18(28-2)14-12-17)15-22(26-24)20-9-5-6-10-23(20)27/h3-14,22,24,26-27H,15H2,1-2H3/t22-,24+/m1/s1. The zero-order chi connectivity index (χ0) is 19.5. The second-order valence-corrected chi connectivity index (χ2v) is 7.05. The summed E-state index contributed by atoms with van der Waals surface area (Å²) < 4.78 is 5.28. The van der Waals surface area contributed by atoms with E-state index in [1.165, 1.54) is 5.56 Å². The van der Waals surface area contributed by atoms with E-state index in [0.717, 1.165) is 28.2 Å². The van der Waals surface area contributed by atoms with Crippen molar-refractivity contribution in [1.29, 1.82) is 0 Å². The fourth-order valence-corrected chi connectivity index (χ4v) is 3.70. The number of aryl methyl sites for hydroxylation is 1. The molecule has 0 spiro atoms. The summed E-state index contributed by atoms with van der Waals surface area (Å²) in [7, 11) is 1.67. The molecule has 0 radical (unpaired) electrons. The Morgan fingerprint density at radius 3 is 2.29 bits per heavy atom. The average Bonchev–Trinajstić information content (AvgIpc) is 2.74. The Labute approximate surface area is 165 Å². The molecule has 3 aromatic carbocycles. The molecule has 28 heavy (non-hydrogen) atoms. The lowest BCUT2D eigenvalue weighted by Gasteiger charge is -2.31. The first-order valence-corrected chi connectivity index (χ1v) is 9.46. The van der Waals surface area contributed by atoms with Gasteiger partial charge in [-0.05, 0) is 53.9 Å². The fourth-order valence-electron chi connectivity index (χ4n) is 3.70. The van der Waals surface area contributed by atoms with Gasteiger partial charge in [0.2, 0.25) is 0 Å². The molecule has 1 aliphatic rings. The summed E-state index contributed by atoms with van der Waals surface area (Å²) in [6, 6.07) is 23.8. The zero-order valence-corrected chi connectivity index (χ0v) is 16.1. The van der Waals surface area contributed by atoms with Gasteiger partial charge in [0.1, 0.15) is 17.7 Å². The molecule has 1 aliphatic heterocycles. The number of phenols is 1. The van der Waals surface area contributed by atoms with Gasteiger partial charge >= 0.3 is 0 Å². The molecule has 0 saturated heterocycles. The predicted molar refractivity (Wildman–Crippen MR) is 112 cm³/mol. The second kappa shape index (κ2) is 7.87. The zero-order valence-electron chi connectivity index (χ0n) is 16.1. The summed E-state index contributed by atoms with van der Waals surface area (Å²) in [5, 5.41) is 14.0. The number of phenolic OH excluding ortho intramolecular Hbond substituents is 1. The molecule has 0 amide bonds. The van der Waals surface area contributed by atoms with Crippen LogP contribution in [0.1, 0.15) is 40.9 Å². The first kappa shape index (κ1) is 18.3. The maximum absolute atomic E-state index is 10.4. The van der Waals surface area contributed by atoms with Crippen LogP contribution in [0.5, 0.6) is 11.5 Å². The van der Waals surface area contributed by atoms with Gasteiger partial charge in [0.15, 0.2) is 0 Å². The van der Waals surface area contributed by atoms with Gasteiger partial charge in [0, 0.05) is 23.7 Å². The minimum absolute atomic E-state index is 0.0274. The Kier molecular flexibility index (Phi) is 5.13. The van der Waals surface area contributed by atoms with Gasteiger partial charge in [0.25, 0.3) is 0 Å². The Bertz CT molecular complexity index is 995. The SMILES string of the molecule is COc1ccc(C2=N[C@H](c3ccccc3C)N[C@@H](c3ccccc3O)C2)cc1. The number of aliphatic imine (C=N–C) groups is 1. The molecular formula is C24H24N2O2. The molecule has 3 aromatic rings. The lowest BCUT2D eigenvalue weighted by molar-refractivity contribution is 0.411. The number of para-hydroxylation sites is 1. The average molecular weight is 372 g/mol. The second-order valence-electron chi connectivity index (χ2n) is 7.05. The van der Waals surface area contributed by atoms with Crippen LogP contribution in [0.25, 0.3) is 0 Å². The molecular weight excluding hydrogens is 348 g/mol. The van der Waals surface area contributed by atoms with Crippen molar-refractivity contribution >= 4 is 5.71 Å². The van der Waals surface area contributed by atoms with Crippen LogP contribution in [0.3, 0.4) is 0 Å². The van der Waals surface area contributed by atoms with Crippen molar-refractivity contribution in [2.24, 2.45) is 4.99 Å². The van der Waals surface area contributed by atoms with E-state index in [9.17, 15) is 5.11 Å². The topological polar surface area (TPSA) is 53.8 Å². The first-order valence-electron chi connectivity index (χ1n) is 9.46. The maximum atomic E-state index is 10.4. The summed E-state index contributed by atoms with van der Waals surface area (Å²) in [5.74, 6) is 1.13. The number of hydrogen-bond acceptors (Lipinski definition) is 4. The van der Waals surface area contributed by atoms with E-state index in [4.69, 9.17) is 9.73 Å². The monoisotopic (exact) mass is 372 g/mol. The van der Waals surface area contributed by atoms with Gasteiger partial charge in [0.05, 0.1) is 7.11 Å². The van der Waals surface area contributed by atoms with Crippen LogP contribution in [0.4, 0.5) is 0 Å². The minimum atomic E-state index is -0.170. The third-order valence-corrected chi connectivity index (χ3v) is 5.26. The van der Waals surface area contributed by atoms with Crippen molar-refractivity contribution in [2.45, 2.75) is 25.6 Å². The van der Waals surface area contributed by atoms with E-state index in [2.05, 4.69) is 24.4 Å². The van der Waals surface area contributed by atoms with Crippen molar-refractivity contribution in [3.05, 3.63) is 95.1 Å². The number of ether oxygens (including phenoxy) is 1. The molecule has 2 atom stereocenters. The first-order chi connectivity index (χ1) is 13.7. The van der Waals surface area contributed by atoms with Crippen molar-refractivity contribution in [2.75, 3.05) is 7.11 Å². The molecule has 0 saturated carbocycles. The van der Waals surface area contributed by atoms with Crippen LogP contribution in [-0.4, -0.2) is 17.9 Å². The number of nitrogens with zero attached hydrogens (tertiary/aromatic N) is 1. The highest BCUT2D eigenvalue weighted by Gasteiger charge is 2.28. The summed E-state index contributed by atoms with van der Waals surface area (Å²) in [5.41, 5.74) is 5.32. The van der Waals surface area contributed by atoms with Crippen LogP contribution in [0.2, 0.25) is 0 Å². The van der Waals surface area contributed by atoms with Crippen LogP contribution in [0.15, 0.2) is 77.8 Å². The summed E-state index contributed by atoms with van der Waals surface area (Å²) in [6.45, 7) is 2.10. The van der Waals surface area contributed by atoms with E-state index in [1.807, 2.05) is 54.6 Å². The molecule has 0 fully saturated rings. The Balaban J connectivity index is 1.76. The van der Waals surface area contributed by atoms with Crippen molar-refractivity contribution in [3.8, 4) is 11.5 Å². The molecule has 0 aliphatic carbocycles.